The van der Waals surface area contributed by atoms with Crippen LogP contribution in [0.4, 0.5) is 0 Å². The molecule has 0 saturated carbocycles. The molecule has 1 aliphatic heterocycles. The lowest BCUT2D eigenvalue weighted by atomic mass is 9.93. The third-order valence-corrected chi connectivity index (χ3v) is 4.17. The number of rotatable bonds is 6. The fourth-order valence-corrected chi connectivity index (χ4v) is 2.68. The first-order chi connectivity index (χ1) is 9.97. The van der Waals surface area contributed by atoms with Crippen LogP contribution in [-0.2, 0) is 11.3 Å². The van der Waals surface area contributed by atoms with Crippen molar-refractivity contribution in [1.82, 2.24) is 10.2 Å². The molecule has 21 heavy (non-hydrogen) atoms. The Hall–Kier alpha value is -1.39. The molecule has 1 aromatic carbocycles. The average Bonchev–Trinajstić information content (AvgIpc) is 2.47. The van der Waals surface area contributed by atoms with Crippen molar-refractivity contribution in [2.45, 2.75) is 39.3 Å². The lowest BCUT2D eigenvalue weighted by Gasteiger charge is -2.34. The molecule has 0 amide bonds. The SMILES string of the molecule is CC(C)(CNC1CCCN(Cc2ccccc2)C1)C(=O)O. The van der Waals surface area contributed by atoms with Gasteiger partial charge in [0.1, 0.15) is 0 Å². The number of aliphatic carboxylic acids is 1. The molecule has 1 aliphatic rings. The maximum atomic E-state index is 11.1. The summed E-state index contributed by atoms with van der Waals surface area (Å²) in [6.07, 6.45) is 2.29. The average molecular weight is 290 g/mol. The predicted octanol–water partition coefficient (Wildman–Crippen LogP) is 2.35. The first kappa shape index (κ1) is 16.0. The lowest BCUT2D eigenvalue weighted by Crippen LogP contribution is -2.48. The first-order valence-electron chi connectivity index (χ1n) is 7.70. The first-order valence-corrected chi connectivity index (χ1v) is 7.70. The number of hydrogen-bond donors (Lipinski definition) is 2. The number of nitrogens with one attached hydrogen (secondary N) is 1. The minimum atomic E-state index is -0.744. The smallest absolute Gasteiger partial charge is 0.310 e. The van der Waals surface area contributed by atoms with Crippen molar-refractivity contribution < 1.29 is 9.90 Å². The number of piperidine rings is 1. The molecule has 1 atom stereocenters. The molecule has 0 spiro atoms. The van der Waals surface area contributed by atoms with Gasteiger partial charge >= 0.3 is 5.97 Å². The number of nitrogens with zero attached hydrogens (tertiary/aromatic N) is 1. The third-order valence-electron chi connectivity index (χ3n) is 4.17. The fraction of sp³-hybridized carbons (Fsp3) is 0.588. The van der Waals surface area contributed by atoms with Crippen molar-refractivity contribution in [3.8, 4) is 0 Å². The van der Waals surface area contributed by atoms with Crippen LogP contribution in [0.15, 0.2) is 30.3 Å². The quantitative estimate of drug-likeness (QED) is 0.844. The molecule has 1 aromatic rings. The van der Waals surface area contributed by atoms with Crippen molar-refractivity contribution >= 4 is 5.97 Å². The highest BCUT2D eigenvalue weighted by molar-refractivity contribution is 5.73. The zero-order valence-electron chi connectivity index (χ0n) is 13.0. The van der Waals surface area contributed by atoms with Gasteiger partial charge in [-0.3, -0.25) is 9.69 Å². The molecule has 0 aromatic heterocycles. The summed E-state index contributed by atoms with van der Waals surface area (Å²) in [5, 5.41) is 12.6. The van der Waals surface area contributed by atoms with Crippen molar-refractivity contribution in [3.05, 3.63) is 35.9 Å². The molecule has 1 saturated heterocycles. The summed E-state index contributed by atoms with van der Waals surface area (Å²) < 4.78 is 0. The van der Waals surface area contributed by atoms with Crippen LogP contribution >= 0.6 is 0 Å². The van der Waals surface area contributed by atoms with Gasteiger partial charge in [-0.2, -0.15) is 0 Å². The van der Waals surface area contributed by atoms with Crippen LogP contribution in [0.1, 0.15) is 32.3 Å². The maximum absolute atomic E-state index is 11.1. The van der Waals surface area contributed by atoms with Gasteiger partial charge in [0.05, 0.1) is 5.41 Å². The zero-order valence-corrected chi connectivity index (χ0v) is 13.0. The maximum Gasteiger partial charge on any atom is 0.310 e. The van der Waals surface area contributed by atoms with Gasteiger partial charge in [-0.25, -0.2) is 0 Å². The van der Waals surface area contributed by atoms with E-state index in [1.54, 1.807) is 13.8 Å². The topological polar surface area (TPSA) is 52.6 Å². The number of carbonyl (C=O) groups is 1. The lowest BCUT2D eigenvalue weighted by molar-refractivity contribution is -0.146. The zero-order chi connectivity index (χ0) is 15.3. The Labute approximate surface area is 127 Å². The summed E-state index contributed by atoms with van der Waals surface area (Å²) in [4.78, 5) is 13.6. The van der Waals surface area contributed by atoms with E-state index in [0.717, 1.165) is 32.5 Å². The Morgan fingerprint density at radius 2 is 2.10 bits per heavy atom. The second kappa shape index (κ2) is 7.05. The number of benzene rings is 1. The van der Waals surface area contributed by atoms with E-state index in [0.29, 0.717) is 12.6 Å². The molecule has 1 heterocycles. The normalized spacial score (nSPS) is 20.4. The minimum Gasteiger partial charge on any atom is -0.481 e. The molecule has 1 unspecified atom stereocenters. The van der Waals surface area contributed by atoms with Gasteiger partial charge in [-0.05, 0) is 38.8 Å². The van der Waals surface area contributed by atoms with Crippen molar-refractivity contribution in [3.63, 3.8) is 0 Å². The highest BCUT2D eigenvalue weighted by Gasteiger charge is 2.29. The molecule has 2 N–H and O–H groups in total. The van der Waals surface area contributed by atoms with Crippen LogP contribution in [0.25, 0.3) is 0 Å². The molecule has 4 nitrogen and oxygen atoms in total. The second-order valence-electron chi connectivity index (χ2n) is 6.63. The molecule has 1 fully saturated rings. The Morgan fingerprint density at radius 3 is 2.76 bits per heavy atom. The molecule has 0 aliphatic carbocycles. The van der Waals surface area contributed by atoms with Crippen LogP contribution < -0.4 is 5.32 Å². The highest BCUT2D eigenvalue weighted by Crippen LogP contribution is 2.17. The van der Waals surface area contributed by atoms with Gasteiger partial charge < -0.3 is 10.4 Å². The summed E-state index contributed by atoms with van der Waals surface area (Å²) in [5.74, 6) is -0.744. The second-order valence-corrected chi connectivity index (χ2v) is 6.63. The van der Waals surface area contributed by atoms with E-state index < -0.39 is 11.4 Å². The van der Waals surface area contributed by atoms with Gasteiger partial charge in [0.2, 0.25) is 0 Å². The van der Waals surface area contributed by atoms with E-state index in [2.05, 4.69) is 34.5 Å². The largest absolute Gasteiger partial charge is 0.481 e. The van der Waals surface area contributed by atoms with Crippen molar-refractivity contribution in [2.75, 3.05) is 19.6 Å². The van der Waals surface area contributed by atoms with E-state index in [-0.39, 0.29) is 0 Å². The minimum absolute atomic E-state index is 0.390. The van der Waals surface area contributed by atoms with Gasteiger partial charge in [0, 0.05) is 25.7 Å². The number of carboxylic acids is 1. The Bertz CT molecular complexity index is 459. The van der Waals surface area contributed by atoms with Gasteiger partial charge in [-0.1, -0.05) is 30.3 Å². The van der Waals surface area contributed by atoms with Crippen LogP contribution in [-0.4, -0.2) is 41.7 Å². The summed E-state index contributed by atoms with van der Waals surface area (Å²) in [6.45, 7) is 7.15. The van der Waals surface area contributed by atoms with Crippen LogP contribution in [0, 0.1) is 5.41 Å². The fourth-order valence-electron chi connectivity index (χ4n) is 2.68. The summed E-state index contributed by atoms with van der Waals surface area (Å²) >= 11 is 0. The Balaban J connectivity index is 1.82. The molecule has 4 heteroatoms. The monoisotopic (exact) mass is 290 g/mol. The Kier molecular flexibility index (Phi) is 5.37. The van der Waals surface area contributed by atoms with E-state index in [1.807, 2.05) is 6.07 Å². The molecule has 0 bridgehead atoms. The van der Waals surface area contributed by atoms with Crippen LogP contribution in [0.2, 0.25) is 0 Å². The number of likely N-dealkylation sites (tertiary alicyclic amines) is 1. The summed E-state index contributed by atoms with van der Waals surface area (Å²) in [7, 11) is 0. The number of carboxylic acid groups (broad SMARTS) is 1. The predicted molar refractivity (Wildman–Crippen MR) is 84.2 cm³/mol. The van der Waals surface area contributed by atoms with E-state index in [4.69, 9.17) is 5.11 Å². The summed E-state index contributed by atoms with van der Waals surface area (Å²) in [6, 6.07) is 10.9. The van der Waals surface area contributed by atoms with Crippen molar-refractivity contribution in [1.29, 1.82) is 0 Å². The molecule has 116 valence electrons. The molecular formula is C17H26N2O2. The number of hydrogen-bond acceptors (Lipinski definition) is 3. The third kappa shape index (κ3) is 4.83. The van der Waals surface area contributed by atoms with Gasteiger partial charge in [0.15, 0.2) is 0 Å². The van der Waals surface area contributed by atoms with E-state index in [1.165, 1.54) is 5.56 Å². The van der Waals surface area contributed by atoms with Crippen molar-refractivity contribution in [2.24, 2.45) is 5.41 Å². The van der Waals surface area contributed by atoms with Crippen LogP contribution in [0.5, 0.6) is 0 Å². The standard InChI is InChI=1S/C17H26N2O2/c1-17(2,16(20)21)13-18-15-9-6-10-19(12-15)11-14-7-4-3-5-8-14/h3-5,7-8,15,18H,6,9-13H2,1-2H3,(H,20,21). The van der Waals surface area contributed by atoms with Crippen LogP contribution in [0.3, 0.4) is 0 Å². The molecule has 2 rings (SSSR count). The van der Waals surface area contributed by atoms with Gasteiger partial charge in [-0.15, -0.1) is 0 Å². The molecule has 0 radical (unpaired) electrons. The van der Waals surface area contributed by atoms with E-state index in [9.17, 15) is 4.79 Å². The Morgan fingerprint density at radius 1 is 1.38 bits per heavy atom. The highest BCUT2D eigenvalue weighted by atomic mass is 16.4. The summed E-state index contributed by atoms with van der Waals surface area (Å²) in [5.41, 5.74) is 0.630. The van der Waals surface area contributed by atoms with Gasteiger partial charge in [0.25, 0.3) is 0 Å². The molecular weight excluding hydrogens is 264 g/mol. The van der Waals surface area contributed by atoms with E-state index >= 15 is 0 Å².